The molecule has 5 rings (SSSR count). The van der Waals surface area contributed by atoms with Gasteiger partial charge in [0.25, 0.3) is 0 Å². The lowest BCUT2D eigenvalue weighted by Crippen LogP contribution is -2.24. The van der Waals surface area contributed by atoms with Gasteiger partial charge in [-0.25, -0.2) is 4.98 Å². The second kappa shape index (κ2) is 13.0. The zero-order chi connectivity index (χ0) is 27.0. The average molecular weight is 558 g/mol. The quantitative estimate of drug-likeness (QED) is 0.205. The van der Waals surface area contributed by atoms with Gasteiger partial charge >= 0.3 is 0 Å². The van der Waals surface area contributed by atoms with Crippen LogP contribution < -0.4 is 15.4 Å². The summed E-state index contributed by atoms with van der Waals surface area (Å²) < 4.78 is 5.32. The van der Waals surface area contributed by atoms with Gasteiger partial charge in [0.15, 0.2) is 5.13 Å². The average Bonchev–Trinajstić information content (AvgIpc) is 3.45. The van der Waals surface area contributed by atoms with E-state index in [-0.39, 0.29) is 17.7 Å². The number of methoxy groups -OCH3 is 1. The molecule has 6 nitrogen and oxygen atoms in total. The monoisotopic (exact) mass is 557 g/mol. The fraction of sp³-hybridized carbons (Fsp3) is 0.258. The van der Waals surface area contributed by atoms with E-state index in [0.29, 0.717) is 5.13 Å². The number of rotatable bonds is 9. The number of thioether (sulfide) groups is 1. The number of ether oxygens (including phenoxy) is 1. The maximum atomic E-state index is 13.6. The molecule has 0 bridgehead atoms. The Morgan fingerprint density at radius 1 is 0.949 bits per heavy atom. The van der Waals surface area contributed by atoms with E-state index in [1.165, 1.54) is 29.5 Å². The molecule has 1 aliphatic rings. The van der Waals surface area contributed by atoms with Crippen LogP contribution in [0.3, 0.4) is 0 Å². The van der Waals surface area contributed by atoms with Gasteiger partial charge in [-0.3, -0.25) is 9.59 Å². The number of thiazole rings is 1. The molecule has 2 N–H and O–H groups in total. The van der Waals surface area contributed by atoms with Crippen LogP contribution in [-0.2, 0) is 9.59 Å². The molecule has 4 aromatic rings. The molecular weight excluding hydrogens is 526 g/mol. The lowest BCUT2D eigenvalue weighted by molar-refractivity contribution is -0.120. The Morgan fingerprint density at radius 2 is 1.74 bits per heavy atom. The molecule has 1 aromatic heterocycles. The topological polar surface area (TPSA) is 80.3 Å². The maximum absolute atomic E-state index is 13.6. The van der Waals surface area contributed by atoms with Crippen molar-refractivity contribution in [3.05, 3.63) is 89.8 Å². The molecule has 1 unspecified atom stereocenters. The molecule has 0 saturated heterocycles. The molecule has 0 spiro atoms. The van der Waals surface area contributed by atoms with Crippen molar-refractivity contribution in [2.45, 2.75) is 42.2 Å². The standard InChI is InChI=1S/C31H31N3O3S2/c1-37-25-16-8-14-23(18-25)27-20-38-31(33-27)34-30(36)28(21-10-4-2-5-11-21)39-26-17-9-15-24(19-26)32-29(35)22-12-6-3-7-13-22/h2,4-5,8-11,14-20,22,28H,3,6-7,12-13H2,1H3,(H,32,35)(H,33,34,36). The summed E-state index contributed by atoms with van der Waals surface area (Å²) >= 11 is 2.84. The molecule has 1 saturated carbocycles. The predicted octanol–water partition coefficient (Wildman–Crippen LogP) is 7.81. The highest BCUT2D eigenvalue weighted by Crippen LogP contribution is 2.38. The summed E-state index contributed by atoms with van der Waals surface area (Å²) in [6.07, 6.45) is 5.34. The van der Waals surface area contributed by atoms with Crippen LogP contribution in [0.5, 0.6) is 5.75 Å². The van der Waals surface area contributed by atoms with Gasteiger partial charge < -0.3 is 15.4 Å². The number of nitrogens with one attached hydrogen (secondary N) is 2. The first-order chi connectivity index (χ1) is 19.1. The number of aromatic nitrogens is 1. The summed E-state index contributed by atoms with van der Waals surface area (Å²) in [6.45, 7) is 0. The fourth-order valence-electron chi connectivity index (χ4n) is 4.71. The molecule has 1 fully saturated rings. The molecule has 1 aliphatic carbocycles. The Morgan fingerprint density at radius 3 is 2.54 bits per heavy atom. The molecule has 200 valence electrons. The number of anilines is 2. The zero-order valence-electron chi connectivity index (χ0n) is 21.8. The zero-order valence-corrected chi connectivity index (χ0v) is 23.4. The van der Waals surface area contributed by atoms with E-state index in [2.05, 4.69) is 15.6 Å². The van der Waals surface area contributed by atoms with Gasteiger partial charge in [-0.15, -0.1) is 23.1 Å². The van der Waals surface area contributed by atoms with Crippen molar-refractivity contribution in [3.8, 4) is 17.0 Å². The van der Waals surface area contributed by atoms with E-state index < -0.39 is 5.25 Å². The van der Waals surface area contributed by atoms with Crippen molar-refractivity contribution in [3.63, 3.8) is 0 Å². The van der Waals surface area contributed by atoms with Crippen molar-refractivity contribution >= 4 is 45.7 Å². The summed E-state index contributed by atoms with van der Waals surface area (Å²) in [7, 11) is 1.63. The molecule has 1 atom stereocenters. The summed E-state index contributed by atoms with van der Waals surface area (Å²) in [5, 5.41) is 8.07. The molecule has 3 aromatic carbocycles. The normalized spacial score (nSPS) is 14.4. The molecule has 0 aliphatic heterocycles. The SMILES string of the molecule is COc1cccc(-c2csc(NC(=O)C(Sc3cccc(NC(=O)C4CCCCC4)c3)c3ccccc3)n2)c1. The van der Waals surface area contributed by atoms with E-state index in [1.54, 1.807) is 7.11 Å². The molecule has 8 heteroatoms. The third kappa shape index (κ3) is 7.07. The van der Waals surface area contributed by atoms with Gasteiger partial charge in [-0.1, -0.05) is 67.8 Å². The second-order valence-electron chi connectivity index (χ2n) is 9.52. The molecular formula is C31H31N3O3S2. The van der Waals surface area contributed by atoms with Crippen LogP contribution in [0.1, 0.15) is 42.9 Å². The minimum Gasteiger partial charge on any atom is -0.497 e. The van der Waals surface area contributed by atoms with Crippen molar-refractivity contribution in [1.29, 1.82) is 0 Å². The van der Waals surface area contributed by atoms with Crippen LogP contribution in [0.15, 0.2) is 89.1 Å². The number of nitrogens with zero attached hydrogens (tertiary/aromatic N) is 1. The molecule has 39 heavy (non-hydrogen) atoms. The predicted molar refractivity (Wildman–Crippen MR) is 159 cm³/mol. The van der Waals surface area contributed by atoms with E-state index in [1.807, 2.05) is 84.2 Å². The van der Waals surface area contributed by atoms with E-state index in [9.17, 15) is 9.59 Å². The Kier molecular flexibility index (Phi) is 8.96. The van der Waals surface area contributed by atoms with E-state index >= 15 is 0 Å². The van der Waals surface area contributed by atoms with Crippen LogP contribution >= 0.6 is 23.1 Å². The van der Waals surface area contributed by atoms with Crippen LogP contribution in [0.2, 0.25) is 0 Å². The summed E-state index contributed by atoms with van der Waals surface area (Å²) in [5.74, 6) is 0.765. The maximum Gasteiger partial charge on any atom is 0.244 e. The van der Waals surface area contributed by atoms with E-state index in [4.69, 9.17) is 4.74 Å². The summed E-state index contributed by atoms with van der Waals surface area (Å²) in [5.41, 5.74) is 3.35. The van der Waals surface area contributed by atoms with Crippen LogP contribution in [-0.4, -0.2) is 23.9 Å². The van der Waals surface area contributed by atoms with Crippen molar-refractivity contribution in [1.82, 2.24) is 4.98 Å². The number of amides is 2. The van der Waals surface area contributed by atoms with E-state index in [0.717, 1.165) is 58.8 Å². The van der Waals surface area contributed by atoms with Crippen molar-refractivity contribution in [2.24, 2.45) is 5.92 Å². The minimum absolute atomic E-state index is 0.0815. The number of hydrogen-bond acceptors (Lipinski definition) is 6. The number of benzene rings is 3. The summed E-state index contributed by atoms with van der Waals surface area (Å²) in [6, 6.07) is 25.1. The smallest absolute Gasteiger partial charge is 0.244 e. The molecule has 1 heterocycles. The number of hydrogen-bond donors (Lipinski definition) is 2. The molecule has 2 amide bonds. The Labute approximate surface area is 237 Å². The first kappa shape index (κ1) is 27.0. The van der Waals surface area contributed by atoms with Gasteiger partial charge in [-0.2, -0.15) is 0 Å². The van der Waals surface area contributed by atoms with Gasteiger partial charge in [0, 0.05) is 27.4 Å². The third-order valence-electron chi connectivity index (χ3n) is 6.77. The van der Waals surface area contributed by atoms with Crippen LogP contribution in [0.4, 0.5) is 10.8 Å². The molecule has 0 radical (unpaired) electrons. The Bertz CT molecular complexity index is 1420. The first-order valence-electron chi connectivity index (χ1n) is 13.1. The summed E-state index contributed by atoms with van der Waals surface area (Å²) in [4.78, 5) is 31.9. The largest absolute Gasteiger partial charge is 0.497 e. The fourth-order valence-corrected chi connectivity index (χ4v) is 6.52. The number of carbonyl (C=O) groups excluding carboxylic acids is 2. The Balaban J connectivity index is 1.31. The van der Waals surface area contributed by atoms with Crippen LogP contribution in [0.25, 0.3) is 11.3 Å². The van der Waals surface area contributed by atoms with Gasteiger partial charge in [0.05, 0.1) is 12.8 Å². The lowest BCUT2D eigenvalue weighted by Gasteiger charge is -2.21. The first-order valence-corrected chi connectivity index (χ1v) is 14.9. The van der Waals surface area contributed by atoms with Gasteiger partial charge in [0.1, 0.15) is 11.0 Å². The second-order valence-corrected chi connectivity index (χ2v) is 11.6. The van der Waals surface area contributed by atoms with Gasteiger partial charge in [0.2, 0.25) is 11.8 Å². The lowest BCUT2D eigenvalue weighted by atomic mass is 9.88. The Hall–Kier alpha value is -3.62. The van der Waals surface area contributed by atoms with Crippen LogP contribution in [0, 0.1) is 5.92 Å². The number of carbonyl (C=O) groups is 2. The highest BCUT2D eigenvalue weighted by Gasteiger charge is 2.24. The third-order valence-corrected chi connectivity index (χ3v) is 8.78. The minimum atomic E-state index is -0.500. The van der Waals surface area contributed by atoms with Crippen molar-refractivity contribution in [2.75, 3.05) is 17.7 Å². The van der Waals surface area contributed by atoms with Gasteiger partial charge in [-0.05, 0) is 48.7 Å². The highest BCUT2D eigenvalue weighted by atomic mass is 32.2. The highest BCUT2D eigenvalue weighted by molar-refractivity contribution is 8.00. The van der Waals surface area contributed by atoms with Crippen molar-refractivity contribution < 1.29 is 14.3 Å².